The van der Waals surface area contributed by atoms with Gasteiger partial charge in [-0.3, -0.25) is 9.78 Å². The SMILES string of the molecule is Cn1ccc(C2=[C-]C(F)(F)C(F)(F)C(F)(F)C2(F)F)n1.[Ir]. The van der Waals surface area contributed by atoms with Crippen molar-refractivity contribution in [3.05, 3.63) is 24.0 Å². The predicted molar refractivity (Wildman–Crippen MR) is 49.6 cm³/mol. The van der Waals surface area contributed by atoms with Crippen molar-refractivity contribution in [2.75, 3.05) is 0 Å². The molecule has 0 saturated heterocycles. The summed E-state index contributed by atoms with van der Waals surface area (Å²) in [6, 6.07) is 0.714. The Hall–Kier alpha value is -0.961. The van der Waals surface area contributed by atoms with Gasteiger partial charge in [-0.1, -0.05) is 11.8 Å². The van der Waals surface area contributed by atoms with Crippen LogP contribution in [0, 0.1) is 6.08 Å². The molecule has 0 aliphatic heterocycles. The molecule has 2 nitrogen and oxygen atoms in total. The van der Waals surface area contributed by atoms with Crippen LogP contribution in [0.3, 0.4) is 0 Å². The fraction of sp³-hybridized carbons (Fsp3) is 0.500. The van der Waals surface area contributed by atoms with Crippen LogP contribution in [0.4, 0.5) is 35.1 Å². The van der Waals surface area contributed by atoms with Gasteiger partial charge in [0.1, 0.15) is 0 Å². The minimum atomic E-state index is -6.28. The van der Waals surface area contributed by atoms with Gasteiger partial charge in [0, 0.05) is 33.3 Å². The molecule has 1 aliphatic carbocycles. The van der Waals surface area contributed by atoms with E-state index < -0.39 is 35.0 Å². The number of aryl methyl sites for hydroxylation is 1. The maximum Gasteiger partial charge on any atom is 0.378 e. The number of halogens is 8. The van der Waals surface area contributed by atoms with Crippen LogP contribution < -0.4 is 0 Å². The summed E-state index contributed by atoms with van der Waals surface area (Å²) in [5, 5.41) is 3.23. The number of rotatable bonds is 1. The van der Waals surface area contributed by atoms with Gasteiger partial charge in [0.15, 0.2) is 0 Å². The molecule has 0 atom stereocenters. The third-order valence-corrected chi connectivity index (χ3v) is 2.75. The fourth-order valence-corrected chi connectivity index (χ4v) is 1.64. The van der Waals surface area contributed by atoms with Crippen molar-refractivity contribution in [1.29, 1.82) is 0 Å². The summed E-state index contributed by atoms with van der Waals surface area (Å²) in [4.78, 5) is 0. The van der Waals surface area contributed by atoms with Crippen molar-refractivity contribution in [3.8, 4) is 0 Å². The summed E-state index contributed by atoms with van der Waals surface area (Å²) in [6.07, 6.45) is 1.49. The second-order valence-corrected chi connectivity index (χ2v) is 4.17. The van der Waals surface area contributed by atoms with E-state index in [1.54, 1.807) is 0 Å². The summed E-state index contributed by atoms with van der Waals surface area (Å²) >= 11 is 0. The molecule has 121 valence electrons. The minimum absolute atomic E-state index is 0. The fourth-order valence-electron chi connectivity index (χ4n) is 1.64. The average molecular weight is 497 g/mol. The van der Waals surface area contributed by atoms with Crippen LogP contribution in [0.25, 0.3) is 5.57 Å². The van der Waals surface area contributed by atoms with Crippen LogP contribution >= 0.6 is 0 Å². The van der Waals surface area contributed by atoms with Gasteiger partial charge in [-0.2, -0.15) is 32.4 Å². The molecule has 0 spiro atoms. The number of hydrogen-bond acceptors (Lipinski definition) is 1. The average Bonchev–Trinajstić information content (AvgIpc) is 2.70. The summed E-state index contributed by atoms with van der Waals surface area (Å²) in [6.45, 7) is 0. The first-order valence-electron chi connectivity index (χ1n) is 5.01. The molecule has 0 N–H and O–H groups in total. The Morgan fingerprint density at radius 2 is 1.52 bits per heavy atom. The van der Waals surface area contributed by atoms with E-state index in [4.69, 9.17) is 0 Å². The second kappa shape index (κ2) is 4.77. The summed E-state index contributed by atoms with van der Waals surface area (Å²) < 4.78 is 106. The zero-order valence-electron chi connectivity index (χ0n) is 9.91. The van der Waals surface area contributed by atoms with Gasteiger partial charge >= 0.3 is 17.8 Å². The van der Waals surface area contributed by atoms with Crippen LogP contribution in [0.5, 0.6) is 0 Å². The molecule has 0 amide bonds. The molecule has 2 rings (SSSR count). The van der Waals surface area contributed by atoms with Crippen LogP contribution in [0.15, 0.2) is 12.3 Å². The van der Waals surface area contributed by atoms with Gasteiger partial charge in [0.2, 0.25) is 0 Å². The van der Waals surface area contributed by atoms with Gasteiger partial charge < -0.3 is 0 Å². The number of allylic oxidation sites excluding steroid dienone is 2. The van der Waals surface area contributed by atoms with Gasteiger partial charge in [-0.15, -0.1) is 5.57 Å². The van der Waals surface area contributed by atoms with Crippen molar-refractivity contribution in [2.45, 2.75) is 23.7 Å². The van der Waals surface area contributed by atoms with E-state index in [2.05, 4.69) is 5.10 Å². The molecule has 1 radical (unpaired) electrons. The molecule has 0 unspecified atom stereocenters. The summed E-state index contributed by atoms with van der Waals surface area (Å²) in [5.41, 5.74) is -3.04. The molecule has 1 aromatic rings. The first-order valence-corrected chi connectivity index (χ1v) is 5.01. The molecule has 0 aromatic carbocycles. The molecular formula is C10H5F8IrN2-. The molecule has 21 heavy (non-hydrogen) atoms. The third kappa shape index (κ3) is 2.21. The molecule has 11 heteroatoms. The van der Waals surface area contributed by atoms with Crippen LogP contribution in [0.2, 0.25) is 0 Å². The second-order valence-electron chi connectivity index (χ2n) is 4.17. The van der Waals surface area contributed by atoms with Crippen molar-refractivity contribution >= 4 is 5.57 Å². The zero-order valence-corrected chi connectivity index (χ0v) is 12.3. The van der Waals surface area contributed by atoms with E-state index in [1.165, 1.54) is 7.05 Å². The first-order chi connectivity index (χ1) is 8.84. The Kier molecular flexibility index (Phi) is 4.11. The quantitative estimate of drug-likeness (QED) is 0.431. The van der Waals surface area contributed by atoms with Crippen molar-refractivity contribution in [1.82, 2.24) is 9.78 Å². The number of nitrogens with zero attached hydrogens (tertiary/aromatic N) is 2. The van der Waals surface area contributed by atoms with Crippen molar-refractivity contribution < 1.29 is 55.2 Å². The maximum atomic E-state index is 13.5. The van der Waals surface area contributed by atoms with Crippen LogP contribution in [-0.2, 0) is 27.2 Å². The first kappa shape index (κ1) is 18.1. The number of hydrogen-bond donors (Lipinski definition) is 0. The van der Waals surface area contributed by atoms with Crippen LogP contribution in [0.1, 0.15) is 5.69 Å². The van der Waals surface area contributed by atoms with Gasteiger partial charge in [-0.05, 0) is 0 Å². The van der Waals surface area contributed by atoms with E-state index in [-0.39, 0.29) is 20.1 Å². The van der Waals surface area contributed by atoms with Crippen molar-refractivity contribution in [2.24, 2.45) is 7.05 Å². The molecule has 1 aliphatic rings. The van der Waals surface area contributed by atoms with E-state index in [1.807, 2.05) is 0 Å². The van der Waals surface area contributed by atoms with Gasteiger partial charge in [0.05, 0.1) is 0 Å². The topological polar surface area (TPSA) is 17.8 Å². The van der Waals surface area contributed by atoms with E-state index in [9.17, 15) is 35.1 Å². The Balaban J connectivity index is 0.00000220. The predicted octanol–water partition coefficient (Wildman–Crippen LogP) is 3.16. The largest absolute Gasteiger partial charge is 0.378 e. The van der Waals surface area contributed by atoms with E-state index in [0.29, 0.717) is 12.1 Å². The van der Waals surface area contributed by atoms with Crippen molar-refractivity contribution in [3.63, 3.8) is 0 Å². The Morgan fingerprint density at radius 3 is 1.95 bits per heavy atom. The van der Waals surface area contributed by atoms with E-state index in [0.717, 1.165) is 10.9 Å². The van der Waals surface area contributed by atoms with Gasteiger partial charge in [0.25, 0.3) is 5.92 Å². The number of alkyl halides is 8. The molecule has 1 heterocycles. The standard InChI is InChI=1S/C10H5F8N2.Ir/c1-20-3-2-6(19-20)5-4-7(11,12)9(15,16)10(17,18)8(5,13)14;/h2-3H,1H3;/q-1;. The third-order valence-electron chi connectivity index (χ3n) is 2.75. The molecule has 0 bridgehead atoms. The summed E-state index contributed by atoms with van der Waals surface area (Å²) in [5.74, 6) is -23.6. The molecule has 0 saturated carbocycles. The number of aromatic nitrogens is 2. The normalized spacial score (nSPS) is 24.9. The van der Waals surface area contributed by atoms with Gasteiger partial charge in [-0.25, -0.2) is 8.78 Å². The van der Waals surface area contributed by atoms with Crippen LogP contribution in [-0.4, -0.2) is 33.5 Å². The van der Waals surface area contributed by atoms with E-state index >= 15 is 0 Å². The molecular weight excluding hydrogens is 492 g/mol. The zero-order chi connectivity index (χ0) is 15.6. The monoisotopic (exact) mass is 498 g/mol. The minimum Gasteiger partial charge on any atom is -0.294 e. The maximum absolute atomic E-state index is 13.5. The Labute approximate surface area is 126 Å². The smallest absolute Gasteiger partial charge is 0.294 e. The Bertz CT molecular complexity index is 577. The Morgan fingerprint density at radius 1 is 1.00 bits per heavy atom. The summed E-state index contributed by atoms with van der Waals surface area (Å²) in [7, 11) is 1.20. The molecule has 0 fully saturated rings. The molecule has 1 aromatic heterocycles.